The Labute approximate surface area is 189 Å². The van der Waals surface area contributed by atoms with Crippen molar-refractivity contribution in [3.63, 3.8) is 0 Å². The van der Waals surface area contributed by atoms with Crippen molar-refractivity contribution in [2.45, 2.75) is 0 Å². The molecular weight excluding hydrogens is 503 g/mol. The SMILES string of the molecule is COc1cc(-c2ccco2)cc(OC)c1OC.COc1cc(I)cc(OC)c1OC. The lowest BCUT2D eigenvalue weighted by Crippen LogP contribution is -1.95. The van der Waals surface area contributed by atoms with Crippen LogP contribution >= 0.6 is 22.6 Å². The Kier molecular flexibility index (Phi) is 8.97. The Balaban J connectivity index is 0.000000222. The molecule has 162 valence electrons. The Morgan fingerprint density at radius 2 is 1.07 bits per heavy atom. The highest BCUT2D eigenvalue weighted by molar-refractivity contribution is 14.1. The van der Waals surface area contributed by atoms with Crippen LogP contribution in [0.1, 0.15) is 0 Å². The fraction of sp³-hybridized carbons (Fsp3) is 0.273. The van der Waals surface area contributed by atoms with E-state index in [0.29, 0.717) is 34.5 Å². The number of rotatable bonds is 7. The van der Waals surface area contributed by atoms with Crippen LogP contribution < -0.4 is 28.4 Å². The zero-order chi connectivity index (χ0) is 22.1. The summed E-state index contributed by atoms with van der Waals surface area (Å²) in [6, 6.07) is 11.2. The number of hydrogen-bond donors (Lipinski definition) is 0. The van der Waals surface area contributed by atoms with E-state index in [9.17, 15) is 0 Å². The van der Waals surface area contributed by atoms with Crippen LogP contribution in [0.2, 0.25) is 0 Å². The van der Waals surface area contributed by atoms with E-state index in [2.05, 4.69) is 22.6 Å². The minimum atomic E-state index is 0.574. The Hall–Kier alpha value is -2.75. The van der Waals surface area contributed by atoms with Crippen molar-refractivity contribution in [1.29, 1.82) is 0 Å². The van der Waals surface area contributed by atoms with Crippen molar-refractivity contribution in [3.05, 3.63) is 46.2 Å². The molecule has 2 aromatic carbocycles. The van der Waals surface area contributed by atoms with Crippen LogP contribution in [0.25, 0.3) is 11.3 Å². The average Bonchev–Trinajstić information content (AvgIpc) is 3.32. The summed E-state index contributed by atoms with van der Waals surface area (Å²) in [5.41, 5.74) is 0.879. The quantitative estimate of drug-likeness (QED) is 0.386. The molecule has 1 aromatic heterocycles. The molecule has 0 amide bonds. The first-order chi connectivity index (χ1) is 14.5. The molecule has 0 aliphatic carbocycles. The van der Waals surface area contributed by atoms with Gasteiger partial charge in [-0.05, 0) is 59.0 Å². The molecule has 0 saturated carbocycles. The summed E-state index contributed by atoms with van der Waals surface area (Å²) in [4.78, 5) is 0. The summed E-state index contributed by atoms with van der Waals surface area (Å²) in [5, 5.41) is 0. The van der Waals surface area contributed by atoms with E-state index < -0.39 is 0 Å². The van der Waals surface area contributed by atoms with E-state index in [1.807, 2.05) is 36.4 Å². The standard InChI is InChI=1S/C13H14O4.C9H11IO3/c1-14-11-7-9(10-5-4-6-17-10)8-12(15-2)13(11)16-3;1-11-7-4-6(10)5-8(12-2)9(7)13-3/h4-8H,1-3H3;4-5H,1-3H3. The molecule has 0 unspecified atom stereocenters. The van der Waals surface area contributed by atoms with Gasteiger partial charge in [-0.1, -0.05) is 0 Å². The molecule has 0 saturated heterocycles. The van der Waals surface area contributed by atoms with Gasteiger partial charge in [0, 0.05) is 9.13 Å². The van der Waals surface area contributed by atoms with Crippen molar-refractivity contribution in [2.24, 2.45) is 0 Å². The van der Waals surface area contributed by atoms with Crippen molar-refractivity contribution >= 4 is 22.6 Å². The van der Waals surface area contributed by atoms with Crippen molar-refractivity contribution in [2.75, 3.05) is 42.7 Å². The van der Waals surface area contributed by atoms with Gasteiger partial charge in [0.15, 0.2) is 23.0 Å². The van der Waals surface area contributed by atoms with Gasteiger partial charge in [0.1, 0.15) is 5.76 Å². The lowest BCUT2D eigenvalue weighted by molar-refractivity contribution is 0.324. The number of hydrogen-bond acceptors (Lipinski definition) is 7. The van der Waals surface area contributed by atoms with E-state index >= 15 is 0 Å². The Bertz CT molecular complexity index is 889. The summed E-state index contributed by atoms with van der Waals surface area (Å²) >= 11 is 2.20. The van der Waals surface area contributed by atoms with Gasteiger partial charge in [-0.15, -0.1) is 0 Å². The molecule has 0 atom stereocenters. The molecule has 0 bridgehead atoms. The predicted molar refractivity (Wildman–Crippen MR) is 123 cm³/mol. The fourth-order valence-corrected chi connectivity index (χ4v) is 3.28. The van der Waals surface area contributed by atoms with Gasteiger partial charge in [0.05, 0.1) is 48.9 Å². The summed E-state index contributed by atoms with van der Waals surface area (Å²) in [6.07, 6.45) is 1.62. The van der Waals surface area contributed by atoms with Gasteiger partial charge in [-0.2, -0.15) is 0 Å². The fourth-order valence-electron chi connectivity index (χ4n) is 2.72. The topological polar surface area (TPSA) is 68.5 Å². The maximum atomic E-state index is 5.34. The van der Waals surface area contributed by atoms with Gasteiger partial charge < -0.3 is 32.8 Å². The van der Waals surface area contributed by atoms with Crippen LogP contribution in [-0.2, 0) is 0 Å². The molecule has 8 heteroatoms. The second-order valence-electron chi connectivity index (χ2n) is 5.73. The number of methoxy groups -OCH3 is 6. The van der Waals surface area contributed by atoms with Crippen LogP contribution in [0.5, 0.6) is 34.5 Å². The van der Waals surface area contributed by atoms with Crippen LogP contribution in [-0.4, -0.2) is 42.7 Å². The maximum absolute atomic E-state index is 5.34. The molecule has 7 nitrogen and oxygen atoms in total. The lowest BCUT2D eigenvalue weighted by Gasteiger charge is -2.13. The molecule has 3 aromatic rings. The maximum Gasteiger partial charge on any atom is 0.203 e. The number of benzene rings is 2. The summed E-state index contributed by atoms with van der Waals surface area (Å²) in [7, 11) is 9.55. The first kappa shape index (κ1) is 23.5. The molecule has 0 aliphatic rings. The highest BCUT2D eigenvalue weighted by atomic mass is 127. The summed E-state index contributed by atoms with van der Waals surface area (Å²) in [6.45, 7) is 0. The third kappa shape index (κ3) is 5.44. The monoisotopic (exact) mass is 528 g/mol. The van der Waals surface area contributed by atoms with E-state index in [1.165, 1.54) is 0 Å². The van der Waals surface area contributed by atoms with E-state index in [-0.39, 0.29) is 0 Å². The van der Waals surface area contributed by atoms with Gasteiger partial charge in [0.2, 0.25) is 11.5 Å². The molecule has 3 rings (SSSR count). The summed E-state index contributed by atoms with van der Waals surface area (Å²) in [5.74, 6) is 4.55. The molecular formula is C22H25IO7. The largest absolute Gasteiger partial charge is 0.493 e. The summed E-state index contributed by atoms with van der Waals surface area (Å²) < 4.78 is 37.6. The first-order valence-electron chi connectivity index (χ1n) is 8.82. The minimum Gasteiger partial charge on any atom is -0.493 e. The number of halogens is 1. The van der Waals surface area contributed by atoms with Gasteiger partial charge in [0.25, 0.3) is 0 Å². The smallest absolute Gasteiger partial charge is 0.203 e. The average molecular weight is 528 g/mol. The van der Waals surface area contributed by atoms with Crippen molar-refractivity contribution in [3.8, 4) is 45.8 Å². The van der Waals surface area contributed by atoms with Crippen molar-refractivity contribution in [1.82, 2.24) is 0 Å². The molecule has 0 spiro atoms. The highest BCUT2D eigenvalue weighted by Crippen LogP contribution is 2.41. The third-order valence-corrected chi connectivity index (χ3v) is 4.72. The molecule has 0 fully saturated rings. The van der Waals surface area contributed by atoms with Gasteiger partial charge >= 0.3 is 0 Å². The first-order valence-corrected chi connectivity index (χ1v) is 9.90. The van der Waals surface area contributed by atoms with Crippen LogP contribution in [0.15, 0.2) is 47.1 Å². The molecule has 1 heterocycles. The van der Waals surface area contributed by atoms with E-state index in [0.717, 1.165) is 14.9 Å². The second kappa shape index (κ2) is 11.4. The van der Waals surface area contributed by atoms with Crippen LogP contribution in [0.4, 0.5) is 0 Å². The van der Waals surface area contributed by atoms with Crippen LogP contribution in [0.3, 0.4) is 0 Å². The third-order valence-electron chi connectivity index (χ3n) is 4.10. The molecule has 0 aliphatic heterocycles. The highest BCUT2D eigenvalue weighted by Gasteiger charge is 2.15. The minimum absolute atomic E-state index is 0.574. The zero-order valence-electron chi connectivity index (χ0n) is 17.8. The van der Waals surface area contributed by atoms with E-state index in [4.69, 9.17) is 32.8 Å². The molecule has 0 radical (unpaired) electrons. The van der Waals surface area contributed by atoms with E-state index in [1.54, 1.807) is 48.9 Å². The van der Waals surface area contributed by atoms with Crippen molar-refractivity contribution < 1.29 is 32.8 Å². The Morgan fingerprint density at radius 1 is 0.633 bits per heavy atom. The number of furan rings is 1. The molecule has 30 heavy (non-hydrogen) atoms. The number of ether oxygens (including phenoxy) is 6. The Morgan fingerprint density at radius 3 is 1.40 bits per heavy atom. The van der Waals surface area contributed by atoms with Gasteiger partial charge in [-0.3, -0.25) is 0 Å². The lowest BCUT2D eigenvalue weighted by atomic mass is 10.1. The molecule has 0 N–H and O–H groups in total. The predicted octanol–water partition coefficient (Wildman–Crippen LogP) is 5.29. The van der Waals surface area contributed by atoms with Gasteiger partial charge in [-0.25, -0.2) is 0 Å². The van der Waals surface area contributed by atoms with Crippen LogP contribution in [0, 0.1) is 3.57 Å². The second-order valence-corrected chi connectivity index (χ2v) is 6.98. The zero-order valence-corrected chi connectivity index (χ0v) is 19.9. The normalized spacial score (nSPS) is 9.83.